The highest BCUT2D eigenvalue weighted by Crippen LogP contribution is 2.34. The van der Waals surface area contributed by atoms with E-state index in [1.165, 1.54) is 19.3 Å². The van der Waals surface area contributed by atoms with E-state index < -0.39 is 0 Å². The number of urea groups is 1. The number of rotatable bonds is 4. The first-order valence-electron chi connectivity index (χ1n) is 10.3. The number of amides is 2. The molecule has 6 nitrogen and oxygen atoms in total. The molecule has 2 N–H and O–H groups in total. The van der Waals surface area contributed by atoms with Crippen LogP contribution in [0, 0.1) is 0 Å². The molecule has 2 heterocycles. The van der Waals surface area contributed by atoms with Crippen LogP contribution in [0.2, 0.25) is 0 Å². The number of nitrogens with one attached hydrogen (secondary N) is 2. The molecule has 3 aliphatic rings. The lowest BCUT2D eigenvalue weighted by atomic mass is 9.80. The van der Waals surface area contributed by atoms with Crippen molar-refractivity contribution in [1.82, 2.24) is 15.5 Å². The van der Waals surface area contributed by atoms with Gasteiger partial charge in [0.25, 0.3) is 0 Å². The summed E-state index contributed by atoms with van der Waals surface area (Å²) in [5, 5.41) is 6.27. The molecule has 0 bridgehead atoms. The van der Waals surface area contributed by atoms with E-state index in [4.69, 9.17) is 9.47 Å². The van der Waals surface area contributed by atoms with Gasteiger partial charge < -0.3 is 20.1 Å². The van der Waals surface area contributed by atoms with Gasteiger partial charge in [-0.15, -0.1) is 0 Å². The van der Waals surface area contributed by atoms with Crippen molar-refractivity contribution in [3.63, 3.8) is 0 Å². The average Bonchev–Trinajstić information content (AvgIpc) is 2.73. The lowest BCUT2D eigenvalue weighted by Gasteiger charge is -2.48. The number of nitrogens with zero attached hydrogens (tertiary/aromatic N) is 1. The van der Waals surface area contributed by atoms with Crippen LogP contribution in [0.1, 0.15) is 37.7 Å². The SMILES string of the molecule is O=C(NCC1(N2CCOCC2)CCCCC1)NC1COc2ccccc2C1. The molecule has 1 aromatic carbocycles. The lowest BCUT2D eigenvalue weighted by molar-refractivity contribution is -0.0357. The molecule has 27 heavy (non-hydrogen) atoms. The number of fused-ring (bicyclic) bond motifs is 1. The standard InChI is InChI=1S/C21H31N3O3/c25-20(23-18-14-17-6-2-3-7-19(17)27-15-18)22-16-21(8-4-1-5-9-21)24-10-12-26-13-11-24/h2-3,6-7,18H,1,4-5,8-16H2,(H2,22,23,25). The Balaban J connectivity index is 1.32. The molecule has 1 atom stereocenters. The highest BCUT2D eigenvalue weighted by Gasteiger charge is 2.39. The van der Waals surface area contributed by atoms with E-state index >= 15 is 0 Å². The average molecular weight is 373 g/mol. The van der Waals surface area contributed by atoms with E-state index in [2.05, 4.69) is 21.6 Å². The molecule has 1 saturated carbocycles. The van der Waals surface area contributed by atoms with Crippen LogP contribution in [0.15, 0.2) is 24.3 Å². The van der Waals surface area contributed by atoms with Crippen molar-refractivity contribution in [3.05, 3.63) is 29.8 Å². The maximum Gasteiger partial charge on any atom is 0.315 e. The van der Waals surface area contributed by atoms with Crippen molar-refractivity contribution in [3.8, 4) is 5.75 Å². The molecular formula is C21H31N3O3. The van der Waals surface area contributed by atoms with Crippen LogP contribution < -0.4 is 15.4 Å². The van der Waals surface area contributed by atoms with E-state index in [1.54, 1.807) is 0 Å². The van der Waals surface area contributed by atoms with E-state index in [0.717, 1.165) is 56.9 Å². The second-order valence-corrected chi connectivity index (χ2v) is 8.03. The van der Waals surface area contributed by atoms with Crippen LogP contribution in [0.5, 0.6) is 5.75 Å². The van der Waals surface area contributed by atoms with Crippen molar-refractivity contribution >= 4 is 6.03 Å². The molecule has 1 aliphatic carbocycles. The van der Waals surface area contributed by atoms with Crippen molar-refractivity contribution in [2.75, 3.05) is 39.5 Å². The van der Waals surface area contributed by atoms with Gasteiger partial charge in [-0.25, -0.2) is 4.79 Å². The third-order valence-electron chi connectivity index (χ3n) is 6.26. The van der Waals surface area contributed by atoms with Crippen molar-refractivity contribution in [2.24, 2.45) is 0 Å². The number of carbonyl (C=O) groups excluding carboxylic acids is 1. The van der Waals surface area contributed by atoms with Gasteiger partial charge in [-0.2, -0.15) is 0 Å². The van der Waals surface area contributed by atoms with Crippen LogP contribution in [-0.2, 0) is 11.2 Å². The summed E-state index contributed by atoms with van der Waals surface area (Å²) >= 11 is 0. The lowest BCUT2D eigenvalue weighted by Crippen LogP contribution is -2.61. The van der Waals surface area contributed by atoms with Gasteiger partial charge >= 0.3 is 6.03 Å². The predicted molar refractivity (Wildman–Crippen MR) is 104 cm³/mol. The maximum absolute atomic E-state index is 12.6. The molecule has 0 radical (unpaired) electrons. The number of morpholine rings is 1. The number of carbonyl (C=O) groups is 1. The molecule has 6 heteroatoms. The fraction of sp³-hybridized carbons (Fsp3) is 0.667. The third kappa shape index (κ3) is 4.38. The highest BCUT2D eigenvalue weighted by molar-refractivity contribution is 5.74. The van der Waals surface area contributed by atoms with Crippen LogP contribution >= 0.6 is 0 Å². The van der Waals surface area contributed by atoms with Crippen molar-refractivity contribution in [1.29, 1.82) is 0 Å². The summed E-state index contributed by atoms with van der Waals surface area (Å²) in [6, 6.07) is 7.98. The van der Waals surface area contributed by atoms with Gasteiger partial charge in [0, 0.05) is 25.2 Å². The summed E-state index contributed by atoms with van der Waals surface area (Å²) in [5.74, 6) is 0.935. The van der Waals surface area contributed by atoms with Gasteiger partial charge in [0.1, 0.15) is 12.4 Å². The molecule has 2 amide bonds. The monoisotopic (exact) mass is 373 g/mol. The Morgan fingerprint density at radius 2 is 1.93 bits per heavy atom. The summed E-state index contributed by atoms with van der Waals surface area (Å²) in [4.78, 5) is 15.1. The minimum Gasteiger partial charge on any atom is -0.491 e. The minimum atomic E-state index is -0.0822. The van der Waals surface area contributed by atoms with Crippen molar-refractivity contribution in [2.45, 2.75) is 50.1 Å². The van der Waals surface area contributed by atoms with E-state index in [9.17, 15) is 4.79 Å². The summed E-state index contributed by atoms with van der Waals surface area (Å²) in [6.45, 7) is 4.77. The van der Waals surface area contributed by atoms with Crippen LogP contribution in [0.25, 0.3) is 0 Å². The second kappa shape index (κ2) is 8.48. The van der Waals surface area contributed by atoms with Crippen LogP contribution in [0.3, 0.4) is 0 Å². The molecule has 4 rings (SSSR count). The number of benzene rings is 1. The van der Waals surface area contributed by atoms with E-state index in [1.807, 2.05) is 18.2 Å². The quantitative estimate of drug-likeness (QED) is 0.850. The Morgan fingerprint density at radius 3 is 2.74 bits per heavy atom. The molecule has 0 aromatic heterocycles. The van der Waals surface area contributed by atoms with Crippen molar-refractivity contribution < 1.29 is 14.3 Å². The Hall–Kier alpha value is -1.79. The smallest absolute Gasteiger partial charge is 0.315 e. The number of para-hydroxylation sites is 1. The molecule has 1 aromatic rings. The van der Waals surface area contributed by atoms with Crippen LogP contribution in [-0.4, -0.2) is 62.0 Å². The zero-order valence-corrected chi connectivity index (χ0v) is 16.0. The van der Waals surface area contributed by atoms with E-state index in [0.29, 0.717) is 13.2 Å². The van der Waals surface area contributed by atoms with Gasteiger partial charge in [-0.05, 0) is 30.9 Å². The molecule has 2 fully saturated rings. The Kier molecular flexibility index (Phi) is 5.83. The Bertz CT molecular complexity index is 639. The molecule has 1 saturated heterocycles. The zero-order chi connectivity index (χ0) is 18.5. The summed E-state index contributed by atoms with van der Waals surface area (Å²) in [5.41, 5.74) is 1.25. The number of ether oxygens (including phenoxy) is 2. The first kappa shape index (κ1) is 18.6. The summed E-state index contributed by atoms with van der Waals surface area (Å²) in [6.07, 6.45) is 6.93. The first-order chi connectivity index (χ1) is 13.3. The fourth-order valence-electron chi connectivity index (χ4n) is 4.75. The molecule has 1 unspecified atom stereocenters. The maximum atomic E-state index is 12.6. The number of hydrogen-bond acceptors (Lipinski definition) is 4. The van der Waals surface area contributed by atoms with Gasteiger partial charge in [-0.1, -0.05) is 37.5 Å². The van der Waals surface area contributed by atoms with Gasteiger partial charge in [0.05, 0.1) is 19.3 Å². The molecule has 0 spiro atoms. The summed E-state index contributed by atoms with van der Waals surface area (Å²) < 4.78 is 11.3. The van der Waals surface area contributed by atoms with E-state index in [-0.39, 0.29) is 17.6 Å². The van der Waals surface area contributed by atoms with Gasteiger partial charge in [-0.3, -0.25) is 4.90 Å². The Morgan fingerprint density at radius 1 is 1.15 bits per heavy atom. The summed E-state index contributed by atoms with van der Waals surface area (Å²) in [7, 11) is 0. The normalized spacial score (nSPS) is 25.1. The number of hydrogen-bond donors (Lipinski definition) is 2. The highest BCUT2D eigenvalue weighted by atomic mass is 16.5. The Labute approximate surface area is 161 Å². The molecule has 148 valence electrons. The topological polar surface area (TPSA) is 62.8 Å². The fourth-order valence-corrected chi connectivity index (χ4v) is 4.75. The first-order valence-corrected chi connectivity index (χ1v) is 10.3. The van der Waals surface area contributed by atoms with Crippen LogP contribution in [0.4, 0.5) is 4.79 Å². The largest absolute Gasteiger partial charge is 0.491 e. The second-order valence-electron chi connectivity index (χ2n) is 8.03. The minimum absolute atomic E-state index is 0.0191. The molecule has 2 aliphatic heterocycles. The van der Waals surface area contributed by atoms with Gasteiger partial charge in [0.15, 0.2) is 0 Å². The zero-order valence-electron chi connectivity index (χ0n) is 16.0. The predicted octanol–water partition coefficient (Wildman–Crippen LogP) is 2.32. The third-order valence-corrected chi connectivity index (χ3v) is 6.26. The van der Waals surface area contributed by atoms with Gasteiger partial charge in [0.2, 0.25) is 0 Å². The molecular weight excluding hydrogens is 342 g/mol.